The van der Waals surface area contributed by atoms with Crippen molar-refractivity contribution in [3.63, 3.8) is 0 Å². The van der Waals surface area contributed by atoms with Crippen LogP contribution < -0.4 is 5.32 Å². The average Bonchev–Trinajstić information content (AvgIpc) is 2.41. The maximum absolute atomic E-state index is 10.1. The van der Waals surface area contributed by atoms with E-state index in [4.69, 9.17) is 0 Å². The van der Waals surface area contributed by atoms with Crippen molar-refractivity contribution in [2.45, 2.75) is 19.6 Å². The second kappa shape index (κ2) is 6.85. The van der Waals surface area contributed by atoms with E-state index in [2.05, 4.69) is 52.4 Å². The van der Waals surface area contributed by atoms with Crippen LogP contribution in [-0.2, 0) is 6.54 Å². The molecule has 0 bridgehead atoms. The molecular formula is C16H18BrNO. The molecule has 2 N–H and O–H groups in total. The van der Waals surface area contributed by atoms with Crippen LogP contribution in [0.25, 0.3) is 0 Å². The van der Waals surface area contributed by atoms with E-state index in [9.17, 15) is 5.11 Å². The molecule has 0 saturated carbocycles. The summed E-state index contributed by atoms with van der Waals surface area (Å²) in [5, 5.41) is 13.4. The molecule has 3 heteroatoms. The van der Waals surface area contributed by atoms with Crippen LogP contribution in [0.4, 0.5) is 0 Å². The monoisotopic (exact) mass is 319 g/mol. The van der Waals surface area contributed by atoms with Gasteiger partial charge >= 0.3 is 0 Å². The van der Waals surface area contributed by atoms with E-state index in [1.165, 1.54) is 11.1 Å². The van der Waals surface area contributed by atoms with E-state index in [0.29, 0.717) is 6.54 Å². The lowest BCUT2D eigenvalue weighted by Gasteiger charge is -2.12. The van der Waals surface area contributed by atoms with Gasteiger partial charge in [0.1, 0.15) is 0 Å². The van der Waals surface area contributed by atoms with Crippen LogP contribution in [0.5, 0.6) is 0 Å². The number of rotatable bonds is 5. The van der Waals surface area contributed by atoms with E-state index in [1.54, 1.807) is 0 Å². The number of hydrogen-bond acceptors (Lipinski definition) is 2. The molecule has 0 aliphatic heterocycles. The Hall–Kier alpha value is -1.16. The zero-order valence-corrected chi connectivity index (χ0v) is 12.5. The summed E-state index contributed by atoms with van der Waals surface area (Å²) in [5.41, 5.74) is 3.41. The Bertz CT molecular complexity index is 525. The summed E-state index contributed by atoms with van der Waals surface area (Å²) >= 11 is 3.41. The SMILES string of the molecule is Cc1ccc(CNCC(O)c2cccc(Br)c2)cc1. The van der Waals surface area contributed by atoms with Crippen LogP contribution in [0.3, 0.4) is 0 Å². The number of benzene rings is 2. The first-order valence-electron chi connectivity index (χ1n) is 6.35. The molecule has 2 nitrogen and oxygen atoms in total. The Kier molecular flexibility index (Phi) is 5.14. The first-order valence-corrected chi connectivity index (χ1v) is 7.14. The fraction of sp³-hybridized carbons (Fsp3) is 0.250. The summed E-state index contributed by atoms with van der Waals surface area (Å²) in [5.74, 6) is 0. The van der Waals surface area contributed by atoms with Crippen LogP contribution in [0.2, 0.25) is 0 Å². The van der Waals surface area contributed by atoms with Gasteiger partial charge in [0.15, 0.2) is 0 Å². The van der Waals surface area contributed by atoms with Crippen LogP contribution >= 0.6 is 15.9 Å². The van der Waals surface area contributed by atoms with Crippen molar-refractivity contribution in [1.82, 2.24) is 5.32 Å². The molecule has 2 rings (SSSR count). The van der Waals surface area contributed by atoms with Crippen LogP contribution in [0.15, 0.2) is 53.0 Å². The molecule has 0 saturated heterocycles. The van der Waals surface area contributed by atoms with Crippen molar-refractivity contribution in [3.05, 3.63) is 69.7 Å². The van der Waals surface area contributed by atoms with Crippen molar-refractivity contribution in [1.29, 1.82) is 0 Å². The Morgan fingerprint density at radius 3 is 2.58 bits per heavy atom. The van der Waals surface area contributed by atoms with Gasteiger partial charge < -0.3 is 10.4 Å². The lowest BCUT2D eigenvalue weighted by molar-refractivity contribution is 0.174. The van der Waals surface area contributed by atoms with Gasteiger partial charge in [0.2, 0.25) is 0 Å². The minimum absolute atomic E-state index is 0.483. The molecule has 1 atom stereocenters. The van der Waals surface area contributed by atoms with Gasteiger partial charge in [0.25, 0.3) is 0 Å². The van der Waals surface area contributed by atoms with Crippen LogP contribution in [-0.4, -0.2) is 11.7 Å². The summed E-state index contributed by atoms with van der Waals surface area (Å²) in [6.45, 7) is 3.39. The Morgan fingerprint density at radius 1 is 1.16 bits per heavy atom. The smallest absolute Gasteiger partial charge is 0.0914 e. The Morgan fingerprint density at radius 2 is 1.89 bits per heavy atom. The lowest BCUT2D eigenvalue weighted by atomic mass is 10.1. The number of hydrogen-bond donors (Lipinski definition) is 2. The predicted octanol–water partition coefficient (Wildman–Crippen LogP) is 3.58. The molecule has 0 amide bonds. The third-order valence-electron chi connectivity index (χ3n) is 3.02. The topological polar surface area (TPSA) is 32.3 Å². The normalized spacial score (nSPS) is 12.4. The molecule has 2 aromatic carbocycles. The number of nitrogens with one attached hydrogen (secondary N) is 1. The fourth-order valence-electron chi connectivity index (χ4n) is 1.89. The maximum Gasteiger partial charge on any atom is 0.0914 e. The number of aliphatic hydroxyl groups excluding tert-OH is 1. The van der Waals surface area contributed by atoms with Crippen LogP contribution in [0.1, 0.15) is 22.8 Å². The summed E-state index contributed by atoms with van der Waals surface area (Å²) in [7, 11) is 0. The van der Waals surface area contributed by atoms with Gasteiger partial charge in [-0.2, -0.15) is 0 Å². The van der Waals surface area contributed by atoms with Crippen molar-refractivity contribution in [2.24, 2.45) is 0 Å². The second-order valence-corrected chi connectivity index (χ2v) is 5.60. The van der Waals surface area contributed by atoms with Gasteiger partial charge in [0, 0.05) is 17.6 Å². The highest BCUT2D eigenvalue weighted by Gasteiger charge is 2.06. The zero-order chi connectivity index (χ0) is 13.7. The van der Waals surface area contributed by atoms with E-state index >= 15 is 0 Å². The van der Waals surface area contributed by atoms with Gasteiger partial charge in [-0.1, -0.05) is 57.9 Å². The van der Waals surface area contributed by atoms with Crippen molar-refractivity contribution < 1.29 is 5.11 Å². The van der Waals surface area contributed by atoms with E-state index in [1.807, 2.05) is 24.3 Å². The largest absolute Gasteiger partial charge is 0.387 e. The Labute approximate surface area is 122 Å². The molecule has 19 heavy (non-hydrogen) atoms. The highest BCUT2D eigenvalue weighted by atomic mass is 79.9. The highest BCUT2D eigenvalue weighted by Crippen LogP contribution is 2.17. The van der Waals surface area contributed by atoms with E-state index < -0.39 is 6.10 Å². The van der Waals surface area contributed by atoms with Crippen LogP contribution in [0, 0.1) is 6.92 Å². The number of aliphatic hydroxyl groups is 1. The van der Waals surface area contributed by atoms with Crippen molar-refractivity contribution in [2.75, 3.05) is 6.54 Å². The highest BCUT2D eigenvalue weighted by molar-refractivity contribution is 9.10. The van der Waals surface area contributed by atoms with Gasteiger partial charge in [-0.15, -0.1) is 0 Å². The third-order valence-corrected chi connectivity index (χ3v) is 3.51. The summed E-state index contributed by atoms with van der Waals surface area (Å²) < 4.78 is 0.989. The molecule has 100 valence electrons. The summed E-state index contributed by atoms with van der Waals surface area (Å²) in [6, 6.07) is 16.2. The molecule has 0 heterocycles. The molecule has 0 aliphatic carbocycles. The number of halogens is 1. The van der Waals surface area contributed by atoms with Gasteiger partial charge in [0.05, 0.1) is 6.10 Å². The van der Waals surface area contributed by atoms with Crippen molar-refractivity contribution in [3.8, 4) is 0 Å². The van der Waals surface area contributed by atoms with Crippen molar-refractivity contribution >= 4 is 15.9 Å². The standard InChI is InChI=1S/C16H18BrNO/c1-12-5-7-13(8-6-12)10-18-11-16(19)14-3-2-4-15(17)9-14/h2-9,16,18-19H,10-11H2,1H3. The van der Waals surface area contributed by atoms with Gasteiger partial charge in [-0.05, 0) is 30.2 Å². The maximum atomic E-state index is 10.1. The van der Waals surface area contributed by atoms with Gasteiger partial charge in [-0.3, -0.25) is 0 Å². The van der Waals surface area contributed by atoms with E-state index in [0.717, 1.165) is 16.6 Å². The molecule has 0 spiro atoms. The molecule has 0 aliphatic rings. The van der Waals surface area contributed by atoms with E-state index in [-0.39, 0.29) is 0 Å². The minimum atomic E-state index is -0.483. The molecule has 0 fully saturated rings. The molecule has 1 unspecified atom stereocenters. The molecular weight excluding hydrogens is 302 g/mol. The summed E-state index contributed by atoms with van der Waals surface area (Å²) in [6.07, 6.45) is -0.483. The second-order valence-electron chi connectivity index (χ2n) is 4.69. The Balaban J connectivity index is 1.84. The average molecular weight is 320 g/mol. The predicted molar refractivity (Wildman–Crippen MR) is 82.0 cm³/mol. The molecule has 0 aromatic heterocycles. The fourth-order valence-corrected chi connectivity index (χ4v) is 2.31. The van der Waals surface area contributed by atoms with Gasteiger partial charge in [-0.25, -0.2) is 0 Å². The lowest BCUT2D eigenvalue weighted by Crippen LogP contribution is -2.21. The zero-order valence-electron chi connectivity index (χ0n) is 10.9. The number of aryl methyl sites for hydroxylation is 1. The molecule has 2 aromatic rings. The third kappa shape index (κ3) is 4.46. The quantitative estimate of drug-likeness (QED) is 0.882. The minimum Gasteiger partial charge on any atom is -0.387 e. The summed E-state index contributed by atoms with van der Waals surface area (Å²) in [4.78, 5) is 0. The molecule has 0 radical (unpaired) electrons. The first kappa shape index (κ1) is 14.3. The first-order chi connectivity index (χ1) is 9.15.